The molecule has 0 spiro atoms. The summed E-state index contributed by atoms with van der Waals surface area (Å²) in [6, 6.07) is 8.19. The van der Waals surface area contributed by atoms with Gasteiger partial charge in [0.15, 0.2) is 0 Å². The van der Waals surface area contributed by atoms with Crippen molar-refractivity contribution < 1.29 is 8.78 Å². The van der Waals surface area contributed by atoms with E-state index in [1.165, 1.54) is 12.3 Å². The van der Waals surface area contributed by atoms with Gasteiger partial charge in [-0.05, 0) is 30.3 Å². The first-order chi connectivity index (χ1) is 12.9. The number of allylic oxidation sites excluding steroid dienone is 2. The number of halogens is 2. The van der Waals surface area contributed by atoms with Crippen molar-refractivity contribution in [3.63, 3.8) is 0 Å². The normalized spacial score (nSPS) is 11.4. The molecule has 2 N–H and O–H groups in total. The second-order valence-corrected chi connectivity index (χ2v) is 6.04. The first-order valence-electron chi connectivity index (χ1n) is 7.87. The first-order valence-corrected chi connectivity index (χ1v) is 8.54. The van der Waals surface area contributed by atoms with E-state index in [1.807, 2.05) is 0 Å². The summed E-state index contributed by atoms with van der Waals surface area (Å²) in [6.07, 6.45) is 2.86. The van der Waals surface area contributed by atoms with Crippen LogP contribution in [0.5, 0.6) is 0 Å². The Morgan fingerprint density at radius 1 is 1.11 bits per heavy atom. The first kappa shape index (κ1) is 18.7. The van der Waals surface area contributed by atoms with Gasteiger partial charge in [0.05, 0.1) is 22.4 Å². The molecule has 0 aliphatic carbocycles. The SMILES string of the molecule is C=C(C(=N)c1ccc(F)cc1F)c1ccc2ncc(/C(C=N)=C/P)cc2n1. The zero-order chi connectivity index (χ0) is 19.6. The largest absolute Gasteiger partial charge is 0.308 e. The minimum absolute atomic E-state index is 0.0489. The van der Waals surface area contributed by atoms with Gasteiger partial charge in [-0.3, -0.25) is 10.4 Å². The van der Waals surface area contributed by atoms with Gasteiger partial charge in [-0.15, -0.1) is 9.24 Å². The van der Waals surface area contributed by atoms with E-state index in [2.05, 4.69) is 25.8 Å². The molecule has 2 heterocycles. The molecule has 0 radical (unpaired) electrons. The van der Waals surface area contributed by atoms with E-state index >= 15 is 0 Å². The van der Waals surface area contributed by atoms with Crippen molar-refractivity contribution in [3.8, 4) is 0 Å². The van der Waals surface area contributed by atoms with Crippen LogP contribution in [0.15, 0.2) is 55.0 Å². The third-order valence-corrected chi connectivity index (χ3v) is 4.38. The molecular weight excluding hydrogens is 365 g/mol. The molecule has 0 bridgehead atoms. The minimum Gasteiger partial charge on any atom is -0.308 e. The predicted molar refractivity (Wildman–Crippen MR) is 108 cm³/mol. The van der Waals surface area contributed by atoms with Crippen LogP contribution in [-0.2, 0) is 0 Å². The lowest BCUT2D eigenvalue weighted by atomic mass is 10.00. The monoisotopic (exact) mass is 380 g/mol. The lowest BCUT2D eigenvalue weighted by Gasteiger charge is -2.10. The number of hydrogen-bond acceptors (Lipinski definition) is 4. The second kappa shape index (κ2) is 7.64. The molecule has 27 heavy (non-hydrogen) atoms. The van der Waals surface area contributed by atoms with Gasteiger partial charge in [0.2, 0.25) is 0 Å². The standard InChI is InChI=1S/C20H15F2N4P/c1-11(20(24)15-3-2-14(21)7-16(15)22)17-4-5-18-19(26-17)6-12(9-25-18)13(8-23)10-27/h2-10,23-24H,1,27H2/b13-10+,23-8?,24-20?. The molecule has 1 aromatic carbocycles. The highest BCUT2D eigenvalue weighted by molar-refractivity contribution is 7.21. The van der Waals surface area contributed by atoms with Gasteiger partial charge in [0.25, 0.3) is 0 Å². The number of aromatic nitrogens is 2. The summed E-state index contributed by atoms with van der Waals surface area (Å²) in [5.74, 6) is 0.180. The van der Waals surface area contributed by atoms with Crippen LogP contribution in [0.2, 0.25) is 0 Å². The summed E-state index contributed by atoms with van der Waals surface area (Å²) in [4.78, 5) is 8.80. The molecule has 0 amide bonds. The van der Waals surface area contributed by atoms with Crippen LogP contribution in [0.1, 0.15) is 16.8 Å². The van der Waals surface area contributed by atoms with Crippen molar-refractivity contribution in [2.75, 3.05) is 0 Å². The Kier molecular flexibility index (Phi) is 5.28. The quantitative estimate of drug-likeness (QED) is 0.490. The molecular formula is C20H15F2N4P. The van der Waals surface area contributed by atoms with E-state index in [9.17, 15) is 8.78 Å². The summed E-state index contributed by atoms with van der Waals surface area (Å²) in [5, 5.41) is 15.6. The van der Waals surface area contributed by atoms with Crippen LogP contribution in [-0.4, -0.2) is 21.9 Å². The Morgan fingerprint density at radius 3 is 2.56 bits per heavy atom. The minimum atomic E-state index is -0.827. The maximum Gasteiger partial charge on any atom is 0.135 e. The Morgan fingerprint density at radius 2 is 1.89 bits per heavy atom. The maximum atomic E-state index is 14.0. The molecule has 1 atom stereocenters. The summed E-state index contributed by atoms with van der Waals surface area (Å²) < 4.78 is 27.1. The molecule has 2 aromatic heterocycles. The van der Waals surface area contributed by atoms with E-state index in [1.54, 1.807) is 30.2 Å². The van der Waals surface area contributed by atoms with Crippen LogP contribution in [0.4, 0.5) is 8.78 Å². The zero-order valence-electron chi connectivity index (χ0n) is 14.1. The number of rotatable bonds is 5. The van der Waals surface area contributed by atoms with E-state index in [4.69, 9.17) is 10.8 Å². The van der Waals surface area contributed by atoms with Gasteiger partial charge in [-0.2, -0.15) is 0 Å². The molecule has 0 aliphatic rings. The van der Waals surface area contributed by atoms with Gasteiger partial charge in [0, 0.05) is 40.8 Å². The van der Waals surface area contributed by atoms with Crippen LogP contribution >= 0.6 is 9.24 Å². The summed E-state index contributed by atoms with van der Waals surface area (Å²) >= 11 is 0. The van der Waals surface area contributed by atoms with Crippen molar-refractivity contribution in [2.45, 2.75) is 0 Å². The molecule has 0 saturated carbocycles. The lowest BCUT2D eigenvalue weighted by Crippen LogP contribution is -2.06. The van der Waals surface area contributed by atoms with Gasteiger partial charge in [-0.1, -0.05) is 12.4 Å². The lowest BCUT2D eigenvalue weighted by molar-refractivity contribution is 0.582. The summed E-state index contributed by atoms with van der Waals surface area (Å²) in [7, 11) is 2.44. The van der Waals surface area contributed by atoms with Gasteiger partial charge < -0.3 is 5.41 Å². The Labute approximate surface area is 156 Å². The van der Waals surface area contributed by atoms with E-state index in [-0.39, 0.29) is 16.8 Å². The van der Waals surface area contributed by atoms with Crippen LogP contribution in [0.25, 0.3) is 22.2 Å². The summed E-state index contributed by atoms with van der Waals surface area (Å²) in [5.41, 5.74) is 2.97. The molecule has 3 aromatic rings. The van der Waals surface area contributed by atoms with E-state index in [0.717, 1.165) is 17.7 Å². The second-order valence-electron chi connectivity index (χ2n) is 5.70. The fourth-order valence-corrected chi connectivity index (χ4v) is 2.83. The fourth-order valence-electron chi connectivity index (χ4n) is 2.54. The highest BCUT2D eigenvalue weighted by atomic mass is 31.0. The van der Waals surface area contributed by atoms with Crippen LogP contribution < -0.4 is 0 Å². The van der Waals surface area contributed by atoms with Crippen LogP contribution in [0, 0.1) is 22.5 Å². The van der Waals surface area contributed by atoms with Crippen molar-refractivity contribution in [1.82, 2.24) is 9.97 Å². The van der Waals surface area contributed by atoms with E-state index < -0.39 is 11.6 Å². The van der Waals surface area contributed by atoms with Crippen molar-refractivity contribution in [2.24, 2.45) is 0 Å². The molecule has 0 saturated heterocycles. The topological polar surface area (TPSA) is 73.5 Å². The number of nitrogens with zero attached hydrogens (tertiary/aromatic N) is 2. The van der Waals surface area contributed by atoms with E-state index in [0.29, 0.717) is 22.3 Å². The molecule has 134 valence electrons. The Balaban J connectivity index is 2.01. The van der Waals surface area contributed by atoms with Gasteiger partial charge in [-0.25, -0.2) is 13.8 Å². The number of pyridine rings is 2. The Bertz CT molecular complexity index is 1120. The average Bonchev–Trinajstić information content (AvgIpc) is 2.67. The Hall–Kier alpha value is -3.11. The predicted octanol–water partition coefficient (Wildman–Crippen LogP) is 4.85. The smallest absolute Gasteiger partial charge is 0.135 e. The third kappa shape index (κ3) is 3.71. The van der Waals surface area contributed by atoms with Gasteiger partial charge >= 0.3 is 0 Å². The average molecular weight is 380 g/mol. The fraction of sp³-hybridized carbons (Fsp3) is 0. The van der Waals surface area contributed by atoms with Crippen molar-refractivity contribution >= 4 is 43.3 Å². The molecule has 7 heteroatoms. The molecule has 4 nitrogen and oxygen atoms in total. The van der Waals surface area contributed by atoms with Crippen molar-refractivity contribution in [3.05, 3.63) is 83.4 Å². The number of fused-ring (bicyclic) bond motifs is 1. The van der Waals surface area contributed by atoms with Crippen molar-refractivity contribution in [1.29, 1.82) is 10.8 Å². The van der Waals surface area contributed by atoms with Crippen LogP contribution in [0.3, 0.4) is 0 Å². The third-order valence-electron chi connectivity index (χ3n) is 4.02. The number of benzene rings is 1. The molecule has 0 aliphatic heterocycles. The zero-order valence-corrected chi connectivity index (χ0v) is 15.3. The molecule has 1 unspecified atom stereocenters. The molecule has 0 fully saturated rings. The highest BCUT2D eigenvalue weighted by Gasteiger charge is 2.15. The summed E-state index contributed by atoms with van der Waals surface area (Å²) in [6.45, 7) is 3.84. The van der Waals surface area contributed by atoms with Gasteiger partial charge in [0.1, 0.15) is 11.6 Å². The highest BCUT2D eigenvalue weighted by Crippen LogP contribution is 2.23. The molecule has 3 rings (SSSR count). The number of nitrogens with one attached hydrogen (secondary N) is 2. The maximum absolute atomic E-state index is 14.0. The number of hydrogen-bond donors (Lipinski definition) is 2.